The fraction of sp³-hybridized carbons (Fsp3) is 0.350. The smallest absolute Gasteiger partial charge is 0.224 e. The van der Waals surface area contributed by atoms with Crippen LogP contribution in [0.5, 0.6) is 5.75 Å². The second-order valence-corrected chi connectivity index (χ2v) is 6.32. The van der Waals surface area contributed by atoms with Crippen molar-refractivity contribution in [2.24, 2.45) is 0 Å². The molecule has 1 amide bonds. The van der Waals surface area contributed by atoms with Crippen LogP contribution in [0.4, 0.5) is 0 Å². The van der Waals surface area contributed by atoms with Gasteiger partial charge in [-0.2, -0.15) is 0 Å². The molecular weight excluding hydrogens is 316 g/mol. The molecule has 25 heavy (non-hydrogen) atoms. The van der Waals surface area contributed by atoms with Crippen LogP contribution in [0.3, 0.4) is 0 Å². The van der Waals surface area contributed by atoms with Crippen LogP contribution in [0, 0.1) is 0 Å². The van der Waals surface area contributed by atoms with Gasteiger partial charge in [0.1, 0.15) is 5.75 Å². The van der Waals surface area contributed by atoms with Crippen molar-refractivity contribution in [1.29, 1.82) is 0 Å². The average molecular weight is 340 g/mol. The number of hydrogen-bond acceptors (Lipinski definition) is 4. The van der Waals surface area contributed by atoms with E-state index >= 15 is 0 Å². The number of para-hydroxylation sites is 1. The second kappa shape index (κ2) is 8.65. The molecule has 0 radical (unpaired) electrons. The molecule has 0 aliphatic carbocycles. The third-order valence-electron chi connectivity index (χ3n) is 4.34. The van der Waals surface area contributed by atoms with E-state index in [1.54, 1.807) is 18.2 Å². The van der Waals surface area contributed by atoms with E-state index in [0.717, 1.165) is 19.6 Å². The first-order valence-electron chi connectivity index (χ1n) is 8.62. The van der Waals surface area contributed by atoms with Gasteiger partial charge >= 0.3 is 0 Å². The van der Waals surface area contributed by atoms with Crippen LogP contribution >= 0.6 is 0 Å². The highest BCUT2D eigenvalue weighted by Gasteiger charge is 2.21. The Morgan fingerprint density at radius 1 is 1.16 bits per heavy atom. The van der Waals surface area contributed by atoms with Crippen LogP contribution in [0.2, 0.25) is 0 Å². The Hall–Kier alpha value is -2.37. The largest absolute Gasteiger partial charge is 0.508 e. The summed E-state index contributed by atoms with van der Waals surface area (Å²) in [4.78, 5) is 14.4. The van der Waals surface area contributed by atoms with E-state index in [2.05, 4.69) is 22.3 Å². The fourth-order valence-electron chi connectivity index (χ4n) is 3.01. The highest BCUT2D eigenvalue weighted by atomic mass is 16.5. The monoisotopic (exact) mass is 340 g/mol. The van der Waals surface area contributed by atoms with Crippen LogP contribution in [0.25, 0.3) is 0 Å². The molecule has 0 aromatic heterocycles. The van der Waals surface area contributed by atoms with Crippen LogP contribution in [-0.4, -0.2) is 48.3 Å². The molecule has 132 valence electrons. The summed E-state index contributed by atoms with van der Waals surface area (Å²) in [6.45, 7) is 3.75. The third-order valence-corrected chi connectivity index (χ3v) is 4.34. The summed E-state index contributed by atoms with van der Waals surface area (Å²) in [7, 11) is 0. The van der Waals surface area contributed by atoms with Crippen LogP contribution < -0.4 is 5.32 Å². The van der Waals surface area contributed by atoms with E-state index in [-0.39, 0.29) is 24.2 Å². The van der Waals surface area contributed by atoms with Gasteiger partial charge in [-0.1, -0.05) is 48.5 Å². The Morgan fingerprint density at radius 2 is 1.92 bits per heavy atom. The van der Waals surface area contributed by atoms with E-state index in [1.807, 2.05) is 24.3 Å². The van der Waals surface area contributed by atoms with Crippen molar-refractivity contribution in [3.63, 3.8) is 0 Å². The molecule has 1 fully saturated rings. The minimum absolute atomic E-state index is 0.00853. The number of rotatable bonds is 6. The molecule has 1 saturated heterocycles. The Balaban J connectivity index is 1.45. The van der Waals surface area contributed by atoms with Gasteiger partial charge < -0.3 is 15.2 Å². The van der Waals surface area contributed by atoms with Gasteiger partial charge in [0.15, 0.2) is 0 Å². The number of amides is 1. The van der Waals surface area contributed by atoms with E-state index in [1.165, 1.54) is 5.56 Å². The predicted molar refractivity (Wildman–Crippen MR) is 96.3 cm³/mol. The summed E-state index contributed by atoms with van der Waals surface area (Å²) in [5, 5.41) is 12.7. The summed E-state index contributed by atoms with van der Waals surface area (Å²) in [5.41, 5.74) is 1.92. The number of phenolic OH excluding ortho intramolecular Hbond substituents is 1. The highest BCUT2D eigenvalue weighted by molar-refractivity contribution is 5.79. The van der Waals surface area contributed by atoms with Crippen molar-refractivity contribution in [2.75, 3.05) is 26.2 Å². The van der Waals surface area contributed by atoms with E-state index in [4.69, 9.17) is 4.74 Å². The topological polar surface area (TPSA) is 61.8 Å². The lowest BCUT2D eigenvalue weighted by atomic mass is 10.1. The van der Waals surface area contributed by atoms with Crippen LogP contribution in [-0.2, 0) is 22.5 Å². The first kappa shape index (κ1) is 17.5. The summed E-state index contributed by atoms with van der Waals surface area (Å²) >= 11 is 0. The number of carbonyl (C=O) groups excluding carboxylic acids is 1. The second-order valence-electron chi connectivity index (χ2n) is 6.32. The number of benzene rings is 2. The first-order valence-corrected chi connectivity index (χ1v) is 8.62. The number of aromatic hydroxyl groups is 1. The number of hydrogen-bond donors (Lipinski definition) is 2. The van der Waals surface area contributed by atoms with Gasteiger partial charge in [-0.3, -0.25) is 9.69 Å². The lowest BCUT2D eigenvalue weighted by Gasteiger charge is -2.33. The summed E-state index contributed by atoms with van der Waals surface area (Å²) in [6, 6.07) is 17.3. The SMILES string of the molecule is O=C(Cc1ccccc1O)NC[C@@H]1CN(Cc2ccccc2)CCO1. The van der Waals surface area contributed by atoms with Crippen LogP contribution in [0.15, 0.2) is 54.6 Å². The lowest BCUT2D eigenvalue weighted by Crippen LogP contribution is -2.47. The van der Waals surface area contributed by atoms with Gasteiger partial charge in [-0.05, 0) is 11.6 Å². The number of phenols is 1. The zero-order chi connectivity index (χ0) is 17.5. The Morgan fingerprint density at radius 3 is 2.72 bits per heavy atom. The normalized spacial score (nSPS) is 18.0. The molecule has 3 rings (SSSR count). The zero-order valence-electron chi connectivity index (χ0n) is 14.2. The van der Waals surface area contributed by atoms with Crippen molar-refractivity contribution >= 4 is 5.91 Å². The van der Waals surface area contributed by atoms with Gasteiger partial charge in [0.25, 0.3) is 0 Å². The number of nitrogens with zero attached hydrogens (tertiary/aromatic N) is 1. The van der Waals surface area contributed by atoms with Gasteiger partial charge in [0.05, 0.1) is 19.1 Å². The third kappa shape index (κ3) is 5.31. The molecule has 2 N–H and O–H groups in total. The number of carbonyl (C=O) groups is 1. The maximum atomic E-state index is 12.1. The first-order chi connectivity index (χ1) is 12.2. The highest BCUT2D eigenvalue weighted by Crippen LogP contribution is 2.16. The summed E-state index contributed by atoms with van der Waals surface area (Å²) in [5.74, 6) is 0.0471. The molecule has 1 aliphatic heterocycles. The number of ether oxygens (including phenoxy) is 1. The molecular formula is C20H24N2O3. The molecule has 5 nitrogen and oxygen atoms in total. The molecule has 5 heteroatoms. The lowest BCUT2D eigenvalue weighted by molar-refractivity contribution is -0.121. The fourth-order valence-corrected chi connectivity index (χ4v) is 3.01. The van der Waals surface area contributed by atoms with Crippen molar-refractivity contribution in [2.45, 2.75) is 19.1 Å². The quantitative estimate of drug-likeness (QED) is 0.844. The minimum Gasteiger partial charge on any atom is -0.508 e. The standard InChI is InChI=1S/C20H24N2O3/c23-19-9-5-4-8-17(19)12-20(24)21-13-18-15-22(10-11-25-18)14-16-6-2-1-3-7-16/h1-9,18,23H,10-15H2,(H,21,24)/t18-/m1/s1. The van der Waals surface area contributed by atoms with Crippen molar-refractivity contribution in [3.05, 3.63) is 65.7 Å². The number of nitrogens with one attached hydrogen (secondary N) is 1. The van der Waals surface area contributed by atoms with Gasteiger partial charge in [-0.15, -0.1) is 0 Å². The molecule has 0 bridgehead atoms. The van der Waals surface area contributed by atoms with Crippen molar-refractivity contribution in [1.82, 2.24) is 10.2 Å². The van der Waals surface area contributed by atoms with Gasteiger partial charge in [0, 0.05) is 31.7 Å². The van der Waals surface area contributed by atoms with Gasteiger partial charge in [0.2, 0.25) is 5.91 Å². The van der Waals surface area contributed by atoms with Crippen LogP contribution in [0.1, 0.15) is 11.1 Å². The Bertz CT molecular complexity index is 690. The Labute approximate surface area is 148 Å². The van der Waals surface area contributed by atoms with E-state index in [9.17, 15) is 9.90 Å². The molecule has 0 unspecified atom stereocenters. The Kier molecular flexibility index (Phi) is 6.04. The van der Waals surface area contributed by atoms with E-state index in [0.29, 0.717) is 18.7 Å². The van der Waals surface area contributed by atoms with E-state index < -0.39 is 0 Å². The number of morpholine rings is 1. The molecule has 2 aromatic carbocycles. The molecule has 2 aromatic rings. The molecule has 1 aliphatic rings. The average Bonchev–Trinajstić information content (AvgIpc) is 2.63. The molecule has 1 atom stereocenters. The van der Waals surface area contributed by atoms with Crippen molar-refractivity contribution in [3.8, 4) is 5.75 Å². The summed E-state index contributed by atoms with van der Waals surface area (Å²) in [6.07, 6.45) is 0.165. The van der Waals surface area contributed by atoms with Crippen molar-refractivity contribution < 1.29 is 14.6 Å². The molecule has 0 saturated carbocycles. The van der Waals surface area contributed by atoms with Gasteiger partial charge in [-0.25, -0.2) is 0 Å². The minimum atomic E-state index is -0.106. The molecule has 1 heterocycles. The zero-order valence-corrected chi connectivity index (χ0v) is 14.2. The predicted octanol–water partition coefficient (Wildman–Crippen LogP) is 1.95. The summed E-state index contributed by atoms with van der Waals surface area (Å²) < 4.78 is 5.76. The molecule has 0 spiro atoms. The maximum absolute atomic E-state index is 12.1. The maximum Gasteiger partial charge on any atom is 0.224 e.